The molecule has 1 saturated heterocycles. The molecule has 6 heteroatoms. The summed E-state index contributed by atoms with van der Waals surface area (Å²) in [6, 6.07) is 33.5. The number of hydrogen-bond donors (Lipinski definition) is 1. The van der Waals surface area contributed by atoms with Gasteiger partial charge in [0.15, 0.2) is 5.11 Å². The molecule has 0 aliphatic carbocycles. The van der Waals surface area contributed by atoms with E-state index in [0.717, 1.165) is 40.3 Å². The van der Waals surface area contributed by atoms with E-state index in [1.807, 2.05) is 84.9 Å². The van der Waals surface area contributed by atoms with Crippen LogP contribution < -0.4 is 19.7 Å². The molecule has 0 aromatic heterocycles. The van der Waals surface area contributed by atoms with Crippen LogP contribution in [-0.4, -0.2) is 18.1 Å². The van der Waals surface area contributed by atoms with Gasteiger partial charge in [0.05, 0.1) is 12.8 Å². The molecule has 0 saturated carbocycles. The van der Waals surface area contributed by atoms with Crippen LogP contribution in [0.5, 0.6) is 11.5 Å². The molecule has 0 spiro atoms. The van der Waals surface area contributed by atoms with Gasteiger partial charge in [0.2, 0.25) is 0 Å². The van der Waals surface area contributed by atoms with Gasteiger partial charge in [-0.1, -0.05) is 72.8 Å². The Morgan fingerprint density at radius 2 is 1.54 bits per heavy atom. The molecule has 184 valence electrons. The monoisotopic (exact) mass is 506 g/mol. The normalized spacial score (nSPS) is 14.1. The number of thiocarbonyl (C=S) groups is 1. The standard InChI is InChI=1S/C31H26N2O3S/c1-35-28-17-16-23(20-27-30(34)33(31(37)32-27)26-13-6-3-7-14-26)19-25(28)21-36-29-15-9-8-12-24(29)18-22-10-4-2-5-11-22/h2-17,19-20H,18,21H2,1H3,(H,32,37)/b27-20+. The van der Waals surface area contributed by atoms with E-state index in [-0.39, 0.29) is 5.91 Å². The molecule has 5 rings (SSSR count). The van der Waals surface area contributed by atoms with Crippen LogP contribution in [0.15, 0.2) is 109 Å². The fraction of sp³-hybridized carbons (Fsp3) is 0.0968. The van der Waals surface area contributed by atoms with Gasteiger partial charge in [0.25, 0.3) is 5.91 Å². The van der Waals surface area contributed by atoms with Crippen molar-refractivity contribution in [3.8, 4) is 11.5 Å². The molecule has 4 aromatic carbocycles. The Morgan fingerprint density at radius 1 is 0.838 bits per heavy atom. The molecule has 1 amide bonds. The summed E-state index contributed by atoms with van der Waals surface area (Å²) in [4.78, 5) is 14.6. The topological polar surface area (TPSA) is 50.8 Å². The third kappa shape index (κ3) is 5.55. The fourth-order valence-electron chi connectivity index (χ4n) is 4.28. The summed E-state index contributed by atoms with van der Waals surface area (Å²) < 4.78 is 11.8. The van der Waals surface area contributed by atoms with Gasteiger partial charge in [-0.25, -0.2) is 0 Å². The van der Waals surface area contributed by atoms with Crippen molar-refractivity contribution in [1.82, 2.24) is 5.32 Å². The van der Waals surface area contributed by atoms with Crippen molar-refractivity contribution >= 4 is 35.0 Å². The lowest BCUT2D eigenvalue weighted by molar-refractivity contribution is -0.113. The molecule has 0 atom stereocenters. The van der Waals surface area contributed by atoms with E-state index in [0.29, 0.717) is 17.4 Å². The van der Waals surface area contributed by atoms with E-state index in [1.54, 1.807) is 13.2 Å². The van der Waals surface area contributed by atoms with E-state index in [1.165, 1.54) is 10.5 Å². The van der Waals surface area contributed by atoms with Gasteiger partial charge in [-0.2, -0.15) is 0 Å². The first-order valence-electron chi connectivity index (χ1n) is 12.0. The molecule has 1 N–H and O–H groups in total. The fourth-order valence-corrected chi connectivity index (χ4v) is 4.57. The van der Waals surface area contributed by atoms with Gasteiger partial charge in [-0.15, -0.1) is 0 Å². The summed E-state index contributed by atoms with van der Waals surface area (Å²) in [7, 11) is 1.64. The summed E-state index contributed by atoms with van der Waals surface area (Å²) in [6.45, 7) is 0.321. The van der Waals surface area contributed by atoms with E-state index in [2.05, 4.69) is 23.5 Å². The van der Waals surface area contributed by atoms with Crippen LogP contribution in [0.25, 0.3) is 6.08 Å². The number of carbonyl (C=O) groups excluding carboxylic acids is 1. The number of methoxy groups -OCH3 is 1. The largest absolute Gasteiger partial charge is 0.496 e. The summed E-state index contributed by atoms with van der Waals surface area (Å²) >= 11 is 5.43. The second-order valence-electron chi connectivity index (χ2n) is 8.59. The van der Waals surface area contributed by atoms with Crippen LogP contribution >= 0.6 is 12.2 Å². The minimum absolute atomic E-state index is 0.195. The predicted molar refractivity (Wildman–Crippen MR) is 151 cm³/mol. The minimum atomic E-state index is -0.195. The highest BCUT2D eigenvalue weighted by Gasteiger charge is 2.31. The average Bonchev–Trinajstić information content (AvgIpc) is 3.21. The third-order valence-electron chi connectivity index (χ3n) is 6.10. The number of anilines is 1. The van der Waals surface area contributed by atoms with Crippen LogP contribution in [0.1, 0.15) is 22.3 Å². The predicted octanol–water partition coefficient (Wildman–Crippen LogP) is 6.13. The second kappa shape index (κ2) is 11.1. The molecule has 37 heavy (non-hydrogen) atoms. The van der Waals surface area contributed by atoms with Crippen LogP contribution in [-0.2, 0) is 17.8 Å². The number of amides is 1. The number of hydrogen-bond acceptors (Lipinski definition) is 4. The molecule has 1 aliphatic rings. The molecule has 1 fully saturated rings. The van der Waals surface area contributed by atoms with E-state index >= 15 is 0 Å². The second-order valence-corrected chi connectivity index (χ2v) is 8.98. The summed E-state index contributed by atoms with van der Waals surface area (Å²) in [6.07, 6.45) is 2.58. The maximum absolute atomic E-state index is 13.1. The first-order chi connectivity index (χ1) is 18.1. The zero-order valence-corrected chi connectivity index (χ0v) is 21.2. The van der Waals surface area contributed by atoms with Crippen LogP contribution in [0.2, 0.25) is 0 Å². The number of carbonyl (C=O) groups is 1. The molecule has 0 radical (unpaired) electrons. The van der Waals surface area contributed by atoms with Crippen LogP contribution in [0.3, 0.4) is 0 Å². The van der Waals surface area contributed by atoms with E-state index in [9.17, 15) is 4.79 Å². The first-order valence-corrected chi connectivity index (χ1v) is 12.4. The van der Waals surface area contributed by atoms with Crippen molar-refractivity contribution in [1.29, 1.82) is 0 Å². The number of ether oxygens (including phenoxy) is 2. The van der Waals surface area contributed by atoms with Crippen molar-refractivity contribution in [2.75, 3.05) is 12.0 Å². The minimum Gasteiger partial charge on any atom is -0.496 e. The Bertz CT molecular complexity index is 1450. The smallest absolute Gasteiger partial charge is 0.281 e. The molecular weight excluding hydrogens is 480 g/mol. The van der Waals surface area contributed by atoms with Crippen molar-refractivity contribution < 1.29 is 14.3 Å². The molecular formula is C31H26N2O3S. The Morgan fingerprint density at radius 3 is 2.30 bits per heavy atom. The maximum atomic E-state index is 13.1. The van der Waals surface area contributed by atoms with Crippen LogP contribution in [0.4, 0.5) is 5.69 Å². The van der Waals surface area contributed by atoms with Crippen LogP contribution in [0, 0.1) is 0 Å². The summed E-state index contributed by atoms with van der Waals surface area (Å²) in [5, 5.41) is 3.40. The lowest BCUT2D eigenvalue weighted by Crippen LogP contribution is -2.30. The third-order valence-corrected chi connectivity index (χ3v) is 6.39. The zero-order chi connectivity index (χ0) is 25.6. The number of nitrogens with one attached hydrogen (secondary N) is 1. The van der Waals surface area contributed by atoms with Gasteiger partial charge in [-0.3, -0.25) is 9.69 Å². The first kappa shape index (κ1) is 24.3. The van der Waals surface area contributed by atoms with Gasteiger partial charge < -0.3 is 14.8 Å². The Hall–Kier alpha value is -4.42. The van der Waals surface area contributed by atoms with Crippen molar-refractivity contribution in [2.45, 2.75) is 13.0 Å². The highest BCUT2D eigenvalue weighted by Crippen LogP contribution is 2.27. The van der Waals surface area contributed by atoms with Crippen molar-refractivity contribution in [3.05, 3.63) is 131 Å². The van der Waals surface area contributed by atoms with E-state index in [4.69, 9.17) is 21.7 Å². The maximum Gasteiger partial charge on any atom is 0.281 e. The highest BCUT2D eigenvalue weighted by molar-refractivity contribution is 7.80. The van der Waals surface area contributed by atoms with Gasteiger partial charge in [0, 0.05) is 12.0 Å². The summed E-state index contributed by atoms with van der Waals surface area (Å²) in [5.74, 6) is 1.35. The number of rotatable bonds is 8. The zero-order valence-electron chi connectivity index (χ0n) is 20.4. The lowest BCUT2D eigenvalue weighted by atomic mass is 10.0. The highest BCUT2D eigenvalue weighted by atomic mass is 32.1. The number of nitrogens with zero attached hydrogens (tertiary/aromatic N) is 1. The Kier molecular flexibility index (Phi) is 7.28. The molecule has 1 heterocycles. The molecule has 0 bridgehead atoms. The van der Waals surface area contributed by atoms with Crippen molar-refractivity contribution in [2.24, 2.45) is 0 Å². The molecule has 4 aromatic rings. The number of benzene rings is 4. The lowest BCUT2D eigenvalue weighted by Gasteiger charge is -2.14. The SMILES string of the molecule is COc1ccc(/C=C2/NC(=S)N(c3ccccc3)C2=O)cc1COc1ccccc1Cc1ccccc1. The average molecular weight is 507 g/mol. The number of para-hydroxylation sites is 2. The molecule has 1 aliphatic heterocycles. The van der Waals surface area contributed by atoms with Gasteiger partial charge >= 0.3 is 0 Å². The molecule has 0 unspecified atom stereocenters. The van der Waals surface area contributed by atoms with Crippen molar-refractivity contribution in [3.63, 3.8) is 0 Å². The van der Waals surface area contributed by atoms with E-state index < -0.39 is 0 Å². The van der Waals surface area contributed by atoms with Gasteiger partial charge in [-0.05, 0) is 65.3 Å². The Balaban J connectivity index is 1.36. The van der Waals surface area contributed by atoms with Gasteiger partial charge in [0.1, 0.15) is 23.8 Å². The Labute approximate surface area is 222 Å². The summed E-state index contributed by atoms with van der Waals surface area (Å²) in [5.41, 5.74) is 5.19. The quantitative estimate of drug-likeness (QED) is 0.230. The molecule has 5 nitrogen and oxygen atoms in total.